The quantitative estimate of drug-likeness (QED) is 0.888. The molecule has 1 aliphatic rings. The van der Waals surface area contributed by atoms with Gasteiger partial charge in [0.15, 0.2) is 0 Å². The highest BCUT2D eigenvalue weighted by Gasteiger charge is 2.28. The van der Waals surface area contributed by atoms with E-state index in [0.29, 0.717) is 12.6 Å². The van der Waals surface area contributed by atoms with Crippen LogP contribution in [0.25, 0.3) is 0 Å². The van der Waals surface area contributed by atoms with E-state index in [1.54, 1.807) is 0 Å². The molecule has 1 amide bonds. The van der Waals surface area contributed by atoms with Gasteiger partial charge in [-0.25, -0.2) is 0 Å². The molecule has 4 nitrogen and oxygen atoms in total. The van der Waals surface area contributed by atoms with Crippen molar-refractivity contribution >= 4 is 5.91 Å². The Morgan fingerprint density at radius 2 is 2.16 bits per heavy atom. The first-order chi connectivity index (χ1) is 9.15. The van der Waals surface area contributed by atoms with Crippen molar-refractivity contribution in [1.29, 1.82) is 0 Å². The molecule has 0 atom stereocenters. The predicted octanol–water partition coefficient (Wildman–Crippen LogP) is 2.45. The third kappa shape index (κ3) is 3.00. The summed E-state index contributed by atoms with van der Waals surface area (Å²) in [5.41, 5.74) is 0.732. The van der Waals surface area contributed by atoms with Gasteiger partial charge in [0, 0.05) is 24.8 Å². The van der Waals surface area contributed by atoms with Gasteiger partial charge < -0.3 is 14.6 Å². The lowest BCUT2D eigenvalue weighted by Crippen LogP contribution is -2.41. The first kappa shape index (κ1) is 14.1. The van der Waals surface area contributed by atoms with Crippen molar-refractivity contribution < 1.29 is 9.90 Å². The number of carbonyl (C=O) groups excluding carboxylic acids is 1. The average molecular weight is 264 g/mol. The van der Waals surface area contributed by atoms with Gasteiger partial charge in [-0.15, -0.1) is 0 Å². The Labute approximate surface area is 115 Å². The van der Waals surface area contributed by atoms with Gasteiger partial charge in [0.2, 0.25) is 0 Å². The van der Waals surface area contributed by atoms with Crippen LogP contribution >= 0.6 is 0 Å². The Morgan fingerprint density at radius 3 is 2.74 bits per heavy atom. The third-order valence-electron chi connectivity index (χ3n) is 3.92. The molecule has 106 valence electrons. The van der Waals surface area contributed by atoms with E-state index in [1.807, 2.05) is 27.8 Å². The molecule has 1 aliphatic carbocycles. The molecule has 19 heavy (non-hydrogen) atoms. The van der Waals surface area contributed by atoms with Crippen molar-refractivity contribution in [3.05, 3.63) is 24.0 Å². The van der Waals surface area contributed by atoms with Crippen LogP contribution in [0.2, 0.25) is 0 Å². The molecular weight excluding hydrogens is 240 g/mol. The fraction of sp³-hybridized carbons (Fsp3) is 0.667. The van der Waals surface area contributed by atoms with Crippen molar-refractivity contribution in [2.75, 3.05) is 13.2 Å². The summed E-state index contributed by atoms with van der Waals surface area (Å²) >= 11 is 0. The van der Waals surface area contributed by atoms with Crippen LogP contribution in [0.3, 0.4) is 0 Å². The third-order valence-corrected chi connectivity index (χ3v) is 3.92. The molecule has 1 aromatic heterocycles. The fourth-order valence-corrected chi connectivity index (χ4v) is 2.95. The number of hydrogen-bond acceptors (Lipinski definition) is 2. The molecule has 1 heterocycles. The van der Waals surface area contributed by atoms with Gasteiger partial charge in [0.1, 0.15) is 5.69 Å². The average Bonchev–Trinajstić information content (AvgIpc) is 3.05. The summed E-state index contributed by atoms with van der Waals surface area (Å²) in [6.45, 7) is 4.61. The molecule has 2 rings (SSSR count). The summed E-state index contributed by atoms with van der Waals surface area (Å²) in [6, 6.07) is 4.37. The van der Waals surface area contributed by atoms with E-state index in [9.17, 15) is 9.90 Å². The van der Waals surface area contributed by atoms with Crippen molar-refractivity contribution in [2.45, 2.75) is 51.6 Å². The van der Waals surface area contributed by atoms with E-state index < -0.39 is 0 Å². The Bertz CT molecular complexity index is 420. The summed E-state index contributed by atoms with van der Waals surface area (Å²) in [7, 11) is 0. The summed E-state index contributed by atoms with van der Waals surface area (Å²) in [5, 5.41) is 9.22. The second-order valence-corrected chi connectivity index (χ2v) is 5.55. The maximum absolute atomic E-state index is 12.7. The van der Waals surface area contributed by atoms with Gasteiger partial charge in [0.05, 0.1) is 6.61 Å². The summed E-state index contributed by atoms with van der Waals surface area (Å²) in [6.07, 6.45) is 6.45. The minimum absolute atomic E-state index is 0.0324. The van der Waals surface area contributed by atoms with Gasteiger partial charge in [-0.3, -0.25) is 4.79 Å². The Morgan fingerprint density at radius 1 is 1.47 bits per heavy atom. The van der Waals surface area contributed by atoms with Crippen molar-refractivity contribution in [2.24, 2.45) is 0 Å². The normalized spacial score (nSPS) is 16.2. The molecule has 4 heteroatoms. The lowest BCUT2D eigenvalue weighted by molar-refractivity contribution is 0.0625. The molecule has 0 unspecified atom stereocenters. The van der Waals surface area contributed by atoms with Gasteiger partial charge >= 0.3 is 0 Å². The lowest BCUT2D eigenvalue weighted by atomic mass is 10.2. The Balaban J connectivity index is 2.20. The predicted molar refractivity (Wildman–Crippen MR) is 75.2 cm³/mol. The summed E-state index contributed by atoms with van der Waals surface area (Å²) < 4.78 is 2.00. The standard InChI is InChI=1S/C15H24N2O2/c1-12(2)16-9-5-8-14(16)15(19)17(10-11-18)13-6-3-4-7-13/h5,8-9,12-13,18H,3-4,6-7,10-11H2,1-2H3. The molecule has 1 fully saturated rings. The van der Waals surface area contributed by atoms with Gasteiger partial charge in [0.25, 0.3) is 5.91 Å². The van der Waals surface area contributed by atoms with Crippen LogP contribution in [0.4, 0.5) is 0 Å². The molecule has 1 aromatic rings. The number of amides is 1. The van der Waals surface area contributed by atoms with E-state index in [1.165, 1.54) is 12.8 Å². The molecule has 0 aromatic carbocycles. The second-order valence-electron chi connectivity index (χ2n) is 5.55. The first-order valence-electron chi connectivity index (χ1n) is 7.23. The highest BCUT2D eigenvalue weighted by atomic mass is 16.3. The van der Waals surface area contributed by atoms with Crippen LogP contribution in [-0.2, 0) is 0 Å². The monoisotopic (exact) mass is 264 g/mol. The largest absolute Gasteiger partial charge is 0.395 e. The van der Waals surface area contributed by atoms with E-state index in [2.05, 4.69) is 13.8 Å². The molecule has 0 bridgehead atoms. The number of aliphatic hydroxyl groups is 1. The molecule has 1 N–H and O–H groups in total. The molecule has 0 saturated heterocycles. The van der Waals surface area contributed by atoms with Crippen molar-refractivity contribution in [1.82, 2.24) is 9.47 Å². The van der Waals surface area contributed by atoms with Crippen LogP contribution in [0.5, 0.6) is 0 Å². The maximum Gasteiger partial charge on any atom is 0.270 e. The van der Waals surface area contributed by atoms with Crippen LogP contribution in [0, 0.1) is 0 Å². The number of hydrogen-bond donors (Lipinski definition) is 1. The zero-order chi connectivity index (χ0) is 13.8. The molecule has 1 saturated carbocycles. The number of carbonyl (C=O) groups is 1. The molecular formula is C15H24N2O2. The molecule has 0 spiro atoms. The number of aliphatic hydroxyl groups excluding tert-OH is 1. The van der Waals surface area contributed by atoms with E-state index >= 15 is 0 Å². The van der Waals surface area contributed by atoms with E-state index in [-0.39, 0.29) is 18.6 Å². The highest BCUT2D eigenvalue weighted by molar-refractivity contribution is 5.93. The van der Waals surface area contributed by atoms with E-state index in [4.69, 9.17) is 0 Å². The molecule has 0 radical (unpaired) electrons. The van der Waals surface area contributed by atoms with Gasteiger partial charge in [-0.05, 0) is 38.8 Å². The topological polar surface area (TPSA) is 45.5 Å². The Hall–Kier alpha value is -1.29. The minimum Gasteiger partial charge on any atom is -0.395 e. The van der Waals surface area contributed by atoms with Gasteiger partial charge in [-0.1, -0.05) is 12.8 Å². The zero-order valence-corrected chi connectivity index (χ0v) is 11.9. The van der Waals surface area contributed by atoms with E-state index in [0.717, 1.165) is 18.5 Å². The summed E-state index contributed by atoms with van der Waals surface area (Å²) in [4.78, 5) is 14.6. The number of rotatable bonds is 5. The smallest absolute Gasteiger partial charge is 0.270 e. The SMILES string of the molecule is CC(C)n1cccc1C(=O)N(CCO)C1CCCC1. The first-order valence-corrected chi connectivity index (χ1v) is 7.23. The highest BCUT2D eigenvalue weighted by Crippen LogP contribution is 2.25. The molecule has 0 aliphatic heterocycles. The number of nitrogens with zero attached hydrogens (tertiary/aromatic N) is 2. The number of aromatic nitrogens is 1. The van der Waals surface area contributed by atoms with Crippen LogP contribution in [-0.4, -0.2) is 39.7 Å². The van der Waals surface area contributed by atoms with Crippen LogP contribution in [0.15, 0.2) is 18.3 Å². The van der Waals surface area contributed by atoms with Gasteiger partial charge in [-0.2, -0.15) is 0 Å². The van der Waals surface area contributed by atoms with Crippen molar-refractivity contribution in [3.8, 4) is 0 Å². The zero-order valence-electron chi connectivity index (χ0n) is 11.9. The fourth-order valence-electron chi connectivity index (χ4n) is 2.95. The lowest BCUT2D eigenvalue weighted by Gasteiger charge is -2.29. The Kier molecular flexibility index (Phi) is 4.64. The van der Waals surface area contributed by atoms with Crippen molar-refractivity contribution in [3.63, 3.8) is 0 Å². The summed E-state index contributed by atoms with van der Waals surface area (Å²) in [5.74, 6) is 0.0552. The maximum atomic E-state index is 12.7. The van der Waals surface area contributed by atoms with Crippen LogP contribution in [0.1, 0.15) is 56.1 Å². The second kappa shape index (κ2) is 6.24. The van der Waals surface area contributed by atoms with Crippen LogP contribution < -0.4 is 0 Å². The minimum atomic E-state index is 0.0324.